The van der Waals surface area contributed by atoms with Crippen molar-refractivity contribution in [3.05, 3.63) is 23.8 Å². The van der Waals surface area contributed by atoms with Crippen molar-refractivity contribution in [1.29, 1.82) is 0 Å². The van der Waals surface area contributed by atoms with Gasteiger partial charge < -0.3 is 5.73 Å². The fourth-order valence-electron chi connectivity index (χ4n) is 1.55. The summed E-state index contributed by atoms with van der Waals surface area (Å²) in [6.45, 7) is 6.11. The van der Waals surface area contributed by atoms with Crippen LogP contribution in [-0.2, 0) is 10.8 Å². The first-order chi connectivity index (χ1) is 7.06. The standard InChI is InChI=1S/C12H19NOS/c1-4-5-10(3)15(14)12-8-9(2)6-7-11(12)13/h6-8,10H,4-5,13H2,1-3H3. The van der Waals surface area contributed by atoms with Crippen molar-refractivity contribution in [2.75, 3.05) is 5.73 Å². The molecule has 2 nitrogen and oxygen atoms in total. The second-order valence-electron chi connectivity index (χ2n) is 3.94. The predicted octanol–water partition coefficient (Wildman–Crippen LogP) is 2.87. The van der Waals surface area contributed by atoms with Gasteiger partial charge in [-0.2, -0.15) is 0 Å². The Morgan fingerprint density at radius 1 is 1.47 bits per heavy atom. The highest BCUT2D eigenvalue weighted by molar-refractivity contribution is 7.85. The molecular formula is C12H19NOS. The third-order valence-corrected chi connectivity index (χ3v) is 4.20. The van der Waals surface area contributed by atoms with Crippen LogP contribution in [-0.4, -0.2) is 9.46 Å². The zero-order chi connectivity index (χ0) is 11.4. The van der Waals surface area contributed by atoms with Crippen LogP contribution < -0.4 is 5.73 Å². The Kier molecular flexibility index (Phi) is 4.33. The molecule has 0 saturated heterocycles. The Labute approximate surface area is 94.3 Å². The molecule has 1 aromatic carbocycles. The van der Waals surface area contributed by atoms with Gasteiger partial charge in [0.05, 0.1) is 15.7 Å². The lowest BCUT2D eigenvalue weighted by atomic mass is 10.2. The smallest absolute Gasteiger partial charge is 0.0622 e. The highest BCUT2D eigenvalue weighted by atomic mass is 32.2. The van der Waals surface area contributed by atoms with Gasteiger partial charge in [0.1, 0.15) is 0 Å². The van der Waals surface area contributed by atoms with Crippen LogP contribution >= 0.6 is 0 Å². The van der Waals surface area contributed by atoms with E-state index in [4.69, 9.17) is 5.73 Å². The van der Waals surface area contributed by atoms with Crippen LogP contribution in [0.25, 0.3) is 0 Å². The van der Waals surface area contributed by atoms with Crippen LogP contribution in [0.3, 0.4) is 0 Å². The van der Waals surface area contributed by atoms with E-state index in [0.717, 1.165) is 23.3 Å². The number of hydrogen-bond donors (Lipinski definition) is 1. The minimum Gasteiger partial charge on any atom is -0.398 e. The summed E-state index contributed by atoms with van der Waals surface area (Å²) in [4.78, 5) is 0.788. The maximum atomic E-state index is 12.1. The fourth-order valence-corrected chi connectivity index (χ4v) is 3.03. The van der Waals surface area contributed by atoms with Crippen LogP contribution in [0.5, 0.6) is 0 Å². The maximum Gasteiger partial charge on any atom is 0.0622 e. The average Bonchev–Trinajstić information content (AvgIpc) is 2.21. The van der Waals surface area contributed by atoms with Crippen molar-refractivity contribution in [3.8, 4) is 0 Å². The molecule has 0 fully saturated rings. The molecule has 15 heavy (non-hydrogen) atoms. The number of hydrogen-bond acceptors (Lipinski definition) is 2. The lowest BCUT2D eigenvalue weighted by Gasteiger charge is -2.12. The molecule has 84 valence electrons. The van der Waals surface area contributed by atoms with Gasteiger partial charge in [-0.05, 0) is 31.0 Å². The lowest BCUT2D eigenvalue weighted by Crippen LogP contribution is -2.12. The van der Waals surface area contributed by atoms with E-state index in [1.54, 1.807) is 0 Å². The number of nitrogens with two attached hydrogens (primary N) is 1. The largest absolute Gasteiger partial charge is 0.398 e. The zero-order valence-corrected chi connectivity index (χ0v) is 10.4. The van der Waals surface area contributed by atoms with Gasteiger partial charge in [-0.25, -0.2) is 0 Å². The molecule has 0 radical (unpaired) electrons. The summed E-state index contributed by atoms with van der Waals surface area (Å²) in [6, 6.07) is 5.71. The van der Waals surface area contributed by atoms with Crippen LogP contribution in [0.15, 0.2) is 23.1 Å². The van der Waals surface area contributed by atoms with Crippen molar-refractivity contribution in [3.63, 3.8) is 0 Å². The predicted molar refractivity (Wildman–Crippen MR) is 66.4 cm³/mol. The average molecular weight is 225 g/mol. The zero-order valence-electron chi connectivity index (χ0n) is 9.62. The van der Waals surface area contributed by atoms with E-state index in [-0.39, 0.29) is 5.25 Å². The van der Waals surface area contributed by atoms with Crippen LogP contribution in [0.1, 0.15) is 32.3 Å². The minimum absolute atomic E-state index is 0.180. The van der Waals surface area contributed by atoms with Crippen molar-refractivity contribution in [2.24, 2.45) is 0 Å². The molecule has 0 aliphatic rings. The van der Waals surface area contributed by atoms with E-state index >= 15 is 0 Å². The Morgan fingerprint density at radius 3 is 2.73 bits per heavy atom. The van der Waals surface area contributed by atoms with Gasteiger partial charge in [-0.1, -0.05) is 26.3 Å². The molecule has 0 amide bonds. The van der Waals surface area contributed by atoms with Crippen molar-refractivity contribution in [1.82, 2.24) is 0 Å². The summed E-state index contributed by atoms with van der Waals surface area (Å²) in [5.41, 5.74) is 7.58. The van der Waals surface area contributed by atoms with Gasteiger partial charge in [-0.3, -0.25) is 4.21 Å². The van der Waals surface area contributed by atoms with Crippen molar-refractivity contribution in [2.45, 2.75) is 43.8 Å². The topological polar surface area (TPSA) is 43.1 Å². The Bertz CT molecular complexity index is 363. The molecule has 0 spiro atoms. The van der Waals surface area contributed by atoms with Crippen molar-refractivity contribution >= 4 is 16.5 Å². The van der Waals surface area contributed by atoms with Crippen LogP contribution in [0.4, 0.5) is 5.69 Å². The third-order valence-electron chi connectivity index (χ3n) is 2.45. The first-order valence-corrected chi connectivity index (χ1v) is 6.54. The Balaban J connectivity index is 2.95. The fraction of sp³-hybridized carbons (Fsp3) is 0.500. The molecular weight excluding hydrogens is 206 g/mol. The molecule has 0 heterocycles. The molecule has 1 aromatic rings. The summed E-state index contributed by atoms with van der Waals surface area (Å²) in [7, 11) is -0.975. The van der Waals surface area contributed by atoms with Gasteiger partial charge in [0, 0.05) is 10.9 Å². The third kappa shape index (κ3) is 3.06. The maximum absolute atomic E-state index is 12.1. The number of rotatable bonds is 4. The molecule has 0 saturated carbocycles. The molecule has 0 bridgehead atoms. The molecule has 0 aliphatic carbocycles. The summed E-state index contributed by atoms with van der Waals surface area (Å²) in [6.07, 6.45) is 2.03. The first kappa shape index (κ1) is 12.2. The highest BCUT2D eigenvalue weighted by Crippen LogP contribution is 2.22. The molecule has 2 atom stereocenters. The molecule has 1 rings (SSSR count). The van der Waals surface area contributed by atoms with Gasteiger partial charge in [0.2, 0.25) is 0 Å². The summed E-state index contributed by atoms with van der Waals surface area (Å²) in [5.74, 6) is 0. The number of benzene rings is 1. The monoisotopic (exact) mass is 225 g/mol. The highest BCUT2D eigenvalue weighted by Gasteiger charge is 2.14. The molecule has 3 heteroatoms. The van der Waals surface area contributed by atoms with E-state index in [9.17, 15) is 4.21 Å². The van der Waals surface area contributed by atoms with Gasteiger partial charge in [-0.15, -0.1) is 0 Å². The Morgan fingerprint density at radius 2 is 2.13 bits per heavy atom. The summed E-state index contributed by atoms with van der Waals surface area (Å²) < 4.78 is 12.1. The van der Waals surface area contributed by atoms with E-state index in [1.165, 1.54) is 0 Å². The van der Waals surface area contributed by atoms with Crippen LogP contribution in [0, 0.1) is 6.92 Å². The van der Waals surface area contributed by atoms with E-state index < -0.39 is 10.8 Å². The van der Waals surface area contributed by atoms with Gasteiger partial charge >= 0.3 is 0 Å². The second-order valence-corrected chi connectivity index (χ2v) is 5.78. The summed E-state index contributed by atoms with van der Waals surface area (Å²) in [5, 5.41) is 0.180. The molecule has 0 aliphatic heterocycles. The normalized spacial score (nSPS) is 14.9. The van der Waals surface area contributed by atoms with Crippen molar-refractivity contribution < 1.29 is 4.21 Å². The second kappa shape index (κ2) is 5.31. The van der Waals surface area contributed by atoms with Gasteiger partial charge in [0.25, 0.3) is 0 Å². The molecule has 2 unspecified atom stereocenters. The number of aryl methyl sites for hydroxylation is 1. The lowest BCUT2D eigenvalue weighted by molar-refractivity contribution is 0.662. The van der Waals surface area contributed by atoms with Gasteiger partial charge in [0.15, 0.2) is 0 Å². The summed E-state index contributed by atoms with van der Waals surface area (Å²) >= 11 is 0. The first-order valence-electron chi connectivity index (χ1n) is 5.33. The quantitative estimate of drug-likeness (QED) is 0.801. The minimum atomic E-state index is -0.975. The molecule has 0 aromatic heterocycles. The Hall–Kier alpha value is -0.830. The van der Waals surface area contributed by atoms with E-state index in [0.29, 0.717) is 5.69 Å². The molecule has 2 N–H and O–H groups in total. The van der Waals surface area contributed by atoms with E-state index in [2.05, 4.69) is 6.92 Å². The SMILES string of the molecule is CCCC(C)S(=O)c1cc(C)ccc1N. The van der Waals surface area contributed by atoms with Crippen LogP contribution in [0.2, 0.25) is 0 Å². The van der Waals surface area contributed by atoms with E-state index in [1.807, 2.05) is 32.0 Å². The number of anilines is 1. The number of nitrogen functional groups attached to an aromatic ring is 1.